The highest BCUT2D eigenvalue weighted by Gasteiger charge is 2.74. The van der Waals surface area contributed by atoms with Crippen LogP contribution >= 0.6 is 0 Å². The van der Waals surface area contributed by atoms with Gasteiger partial charge in [-0.2, -0.15) is 0 Å². The topological polar surface area (TPSA) is 105 Å². The first kappa shape index (κ1) is 19.6. The van der Waals surface area contributed by atoms with Crippen LogP contribution in [-0.4, -0.2) is 71.3 Å². The summed E-state index contributed by atoms with van der Waals surface area (Å²) in [5.41, 5.74) is -0.993. The predicted molar refractivity (Wildman–Crippen MR) is 98.1 cm³/mol. The molecule has 0 aromatic heterocycles. The molecule has 3 heterocycles. The van der Waals surface area contributed by atoms with Gasteiger partial charge >= 0.3 is 5.97 Å². The van der Waals surface area contributed by atoms with E-state index < -0.39 is 29.4 Å². The standard InChI is InChI=1S/C20H30N2O6/c1-2-27-19(26)14-13-8-9-20(28-13)15(14)18(25)22(10-11-23)16(20)17(24)21-12-6-4-3-5-7-12/h12-16,23H,2-11H2,1H3,(H,21,24)/t13-,14+,15+,16-,20+/m0/s1. The molecule has 2 N–H and O–H groups in total. The van der Waals surface area contributed by atoms with Gasteiger partial charge in [0, 0.05) is 12.6 Å². The second-order valence-electron chi connectivity index (χ2n) is 8.41. The molecular formula is C20H30N2O6. The molecule has 2 bridgehead atoms. The first-order valence-electron chi connectivity index (χ1n) is 10.6. The summed E-state index contributed by atoms with van der Waals surface area (Å²) in [6, 6.07) is -0.689. The maximum absolute atomic E-state index is 13.3. The Labute approximate surface area is 164 Å². The number of rotatable bonds is 6. The van der Waals surface area contributed by atoms with Gasteiger partial charge in [0.25, 0.3) is 0 Å². The Morgan fingerprint density at radius 1 is 1.29 bits per heavy atom. The number of carbonyl (C=O) groups is 3. The number of β-amino-alcohol motifs (C(OH)–C–C–N with tert-alkyl or cyclic N) is 1. The third-order valence-electron chi connectivity index (χ3n) is 6.90. The Balaban J connectivity index is 1.62. The second-order valence-corrected chi connectivity index (χ2v) is 8.41. The average molecular weight is 394 g/mol. The first-order chi connectivity index (χ1) is 13.5. The SMILES string of the molecule is CCOC(=O)[C@@H]1[C@@H]2CC[C@]3(O2)[C@H](C(=O)NC2CCCCC2)N(CCO)C(=O)[C@@H]13. The average Bonchev–Trinajstić information content (AvgIpc) is 3.31. The number of aliphatic hydroxyl groups excluding tert-OH is 1. The van der Waals surface area contributed by atoms with Gasteiger partial charge in [-0.25, -0.2) is 0 Å². The molecule has 156 valence electrons. The molecule has 0 aromatic carbocycles. The van der Waals surface area contributed by atoms with E-state index in [1.54, 1.807) is 6.92 Å². The summed E-state index contributed by atoms with van der Waals surface area (Å²) in [5, 5.41) is 12.6. The van der Waals surface area contributed by atoms with Crippen molar-refractivity contribution in [3.8, 4) is 0 Å². The molecule has 1 aliphatic carbocycles. The van der Waals surface area contributed by atoms with Crippen molar-refractivity contribution in [2.75, 3.05) is 19.8 Å². The van der Waals surface area contributed by atoms with Crippen molar-refractivity contribution in [2.24, 2.45) is 11.8 Å². The number of nitrogens with zero attached hydrogens (tertiary/aromatic N) is 1. The van der Waals surface area contributed by atoms with Crippen LogP contribution in [-0.2, 0) is 23.9 Å². The van der Waals surface area contributed by atoms with E-state index in [4.69, 9.17) is 9.47 Å². The van der Waals surface area contributed by atoms with Gasteiger partial charge in [-0.05, 0) is 32.6 Å². The molecule has 0 aromatic rings. The van der Waals surface area contributed by atoms with Crippen LogP contribution in [0.5, 0.6) is 0 Å². The minimum Gasteiger partial charge on any atom is -0.466 e. The number of ether oxygens (including phenoxy) is 2. The molecule has 3 saturated heterocycles. The summed E-state index contributed by atoms with van der Waals surface area (Å²) in [7, 11) is 0. The molecule has 2 amide bonds. The molecule has 1 saturated carbocycles. The third kappa shape index (κ3) is 2.92. The van der Waals surface area contributed by atoms with Gasteiger partial charge in [0.15, 0.2) is 0 Å². The van der Waals surface area contributed by atoms with Crippen LogP contribution in [0.25, 0.3) is 0 Å². The van der Waals surface area contributed by atoms with Gasteiger partial charge in [0.1, 0.15) is 11.6 Å². The van der Waals surface area contributed by atoms with E-state index in [2.05, 4.69) is 5.32 Å². The predicted octanol–water partition coefficient (Wildman–Crippen LogP) is 0.365. The van der Waals surface area contributed by atoms with Gasteiger partial charge in [-0.1, -0.05) is 19.3 Å². The lowest BCUT2D eigenvalue weighted by molar-refractivity contribution is -0.154. The second kappa shape index (κ2) is 7.63. The van der Waals surface area contributed by atoms with Crippen molar-refractivity contribution in [3.05, 3.63) is 0 Å². The van der Waals surface area contributed by atoms with Crippen LogP contribution in [0.15, 0.2) is 0 Å². The fourth-order valence-electron chi connectivity index (χ4n) is 5.84. The first-order valence-corrected chi connectivity index (χ1v) is 10.6. The largest absolute Gasteiger partial charge is 0.466 e. The van der Waals surface area contributed by atoms with Crippen LogP contribution in [0.2, 0.25) is 0 Å². The smallest absolute Gasteiger partial charge is 0.312 e. The molecule has 1 spiro atoms. The maximum Gasteiger partial charge on any atom is 0.312 e. The zero-order chi connectivity index (χ0) is 19.9. The van der Waals surface area contributed by atoms with Gasteiger partial charge in [-0.3, -0.25) is 14.4 Å². The molecular weight excluding hydrogens is 364 g/mol. The Kier molecular flexibility index (Phi) is 5.35. The van der Waals surface area contributed by atoms with Gasteiger partial charge < -0.3 is 24.8 Å². The Hall–Kier alpha value is -1.67. The number of esters is 1. The van der Waals surface area contributed by atoms with Crippen molar-refractivity contribution in [2.45, 2.75) is 75.7 Å². The molecule has 0 radical (unpaired) electrons. The minimum atomic E-state index is -0.993. The lowest BCUT2D eigenvalue weighted by atomic mass is 9.70. The number of fused-ring (bicyclic) bond motifs is 1. The minimum absolute atomic E-state index is 0.0589. The highest BCUT2D eigenvalue weighted by atomic mass is 16.6. The van der Waals surface area contributed by atoms with Gasteiger partial charge in [0.2, 0.25) is 11.8 Å². The maximum atomic E-state index is 13.3. The van der Waals surface area contributed by atoms with Crippen LogP contribution in [0.3, 0.4) is 0 Å². The molecule has 0 unspecified atom stereocenters. The quantitative estimate of drug-likeness (QED) is 0.631. The Bertz CT molecular complexity index is 649. The molecule has 4 rings (SSSR count). The summed E-state index contributed by atoms with van der Waals surface area (Å²) in [5.74, 6) is -2.31. The zero-order valence-electron chi connectivity index (χ0n) is 16.4. The van der Waals surface area contributed by atoms with Crippen molar-refractivity contribution < 1.29 is 29.0 Å². The Morgan fingerprint density at radius 3 is 2.71 bits per heavy atom. The van der Waals surface area contributed by atoms with Crippen molar-refractivity contribution >= 4 is 17.8 Å². The fraction of sp³-hybridized carbons (Fsp3) is 0.850. The molecule has 4 aliphatic rings. The molecule has 3 aliphatic heterocycles. The molecule has 4 fully saturated rings. The zero-order valence-corrected chi connectivity index (χ0v) is 16.4. The lowest BCUT2D eigenvalue weighted by Crippen LogP contribution is -2.57. The number of aliphatic hydroxyl groups is 1. The van der Waals surface area contributed by atoms with E-state index in [1.165, 1.54) is 11.3 Å². The monoisotopic (exact) mass is 394 g/mol. The number of amides is 2. The fourth-order valence-corrected chi connectivity index (χ4v) is 5.84. The van der Waals surface area contributed by atoms with E-state index >= 15 is 0 Å². The van der Waals surface area contributed by atoms with Crippen LogP contribution < -0.4 is 5.32 Å². The van der Waals surface area contributed by atoms with Crippen LogP contribution in [0.1, 0.15) is 51.9 Å². The van der Waals surface area contributed by atoms with Gasteiger partial charge in [0.05, 0.1) is 31.2 Å². The summed E-state index contributed by atoms with van der Waals surface area (Å²) in [4.78, 5) is 40.5. The van der Waals surface area contributed by atoms with Crippen LogP contribution in [0.4, 0.5) is 0 Å². The molecule has 28 heavy (non-hydrogen) atoms. The summed E-state index contributed by atoms with van der Waals surface area (Å²) in [6.07, 6.45) is 6.06. The van der Waals surface area contributed by atoms with Crippen LogP contribution in [0, 0.1) is 11.8 Å². The molecule has 5 atom stereocenters. The number of hydrogen-bond donors (Lipinski definition) is 2. The number of hydrogen-bond acceptors (Lipinski definition) is 6. The summed E-state index contributed by atoms with van der Waals surface area (Å²) in [6.45, 7) is 1.79. The lowest BCUT2D eigenvalue weighted by Gasteiger charge is -2.35. The van der Waals surface area contributed by atoms with Crippen molar-refractivity contribution in [1.82, 2.24) is 10.2 Å². The normalized spacial score (nSPS) is 37.2. The number of carbonyl (C=O) groups excluding carboxylic acids is 3. The highest BCUT2D eigenvalue weighted by Crippen LogP contribution is 2.58. The molecule has 8 heteroatoms. The van der Waals surface area contributed by atoms with Crippen molar-refractivity contribution in [1.29, 1.82) is 0 Å². The van der Waals surface area contributed by atoms with E-state index in [0.29, 0.717) is 12.8 Å². The van der Waals surface area contributed by atoms with E-state index in [9.17, 15) is 19.5 Å². The van der Waals surface area contributed by atoms with Gasteiger partial charge in [-0.15, -0.1) is 0 Å². The van der Waals surface area contributed by atoms with E-state index in [0.717, 1.165) is 25.7 Å². The van der Waals surface area contributed by atoms with E-state index in [-0.39, 0.29) is 43.7 Å². The highest BCUT2D eigenvalue weighted by molar-refractivity contribution is 5.98. The molecule has 8 nitrogen and oxygen atoms in total. The van der Waals surface area contributed by atoms with Crippen molar-refractivity contribution in [3.63, 3.8) is 0 Å². The Morgan fingerprint density at radius 2 is 2.04 bits per heavy atom. The number of likely N-dealkylation sites (tertiary alicyclic amines) is 1. The number of nitrogens with one attached hydrogen (secondary N) is 1. The third-order valence-corrected chi connectivity index (χ3v) is 6.90. The summed E-state index contributed by atoms with van der Waals surface area (Å²) >= 11 is 0. The van der Waals surface area contributed by atoms with E-state index in [1.807, 2.05) is 0 Å². The summed E-state index contributed by atoms with van der Waals surface area (Å²) < 4.78 is 11.4.